The van der Waals surface area contributed by atoms with Gasteiger partial charge in [0.2, 0.25) is 0 Å². The second-order valence-electron chi connectivity index (χ2n) is 4.34. The van der Waals surface area contributed by atoms with Crippen LogP contribution in [0.1, 0.15) is 31.2 Å². The van der Waals surface area contributed by atoms with E-state index in [2.05, 4.69) is 0 Å². The summed E-state index contributed by atoms with van der Waals surface area (Å²) in [5.74, 6) is 1.32. The molecule has 0 atom stereocenters. The Balaban J connectivity index is 2.24. The number of nitrogens with two attached hydrogens (primary N) is 1. The van der Waals surface area contributed by atoms with E-state index in [1.54, 1.807) is 7.11 Å². The van der Waals surface area contributed by atoms with Crippen molar-refractivity contribution >= 4 is 11.6 Å². The minimum atomic E-state index is 0.269. The summed E-state index contributed by atoms with van der Waals surface area (Å²) in [6, 6.07) is 3.73. The van der Waals surface area contributed by atoms with E-state index in [0.717, 1.165) is 18.4 Å². The molecule has 2 rings (SSSR count). The summed E-state index contributed by atoms with van der Waals surface area (Å²) >= 11 is 6.21. The van der Waals surface area contributed by atoms with E-state index in [4.69, 9.17) is 26.8 Å². The Labute approximate surface area is 107 Å². The van der Waals surface area contributed by atoms with Crippen LogP contribution in [0.15, 0.2) is 12.1 Å². The predicted octanol–water partition coefficient (Wildman–Crippen LogP) is 3.13. The van der Waals surface area contributed by atoms with Gasteiger partial charge in [0, 0.05) is 6.54 Å². The highest BCUT2D eigenvalue weighted by molar-refractivity contribution is 6.32. The van der Waals surface area contributed by atoms with Crippen LogP contribution >= 0.6 is 11.6 Å². The van der Waals surface area contributed by atoms with Crippen LogP contribution in [0, 0.1) is 0 Å². The smallest absolute Gasteiger partial charge is 0.180 e. The van der Waals surface area contributed by atoms with Gasteiger partial charge in [-0.2, -0.15) is 0 Å². The maximum atomic E-state index is 6.21. The third kappa shape index (κ3) is 2.85. The zero-order valence-electron chi connectivity index (χ0n) is 10.0. The number of hydrogen-bond acceptors (Lipinski definition) is 3. The summed E-state index contributed by atoms with van der Waals surface area (Å²) in [7, 11) is 1.62. The van der Waals surface area contributed by atoms with Gasteiger partial charge in [0.05, 0.1) is 18.2 Å². The highest BCUT2D eigenvalue weighted by atomic mass is 35.5. The van der Waals surface area contributed by atoms with Crippen molar-refractivity contribution in [3.63, 3.8) is 0 Å². The van der Waals surface area contributed by atoms with Crippen molar-refractivity contribution in [1.82, 2.24) is 0 Å². The van der Waals surface area contributed by atoms with Crippen molar-refractivity contribution < 1.29 is 9.47 Å². The van der Waals surface area contributed by atoms with E-state index in [1.165, 1.54) is 12.8 Å². The van der Waals surface area contributed by atoms with Gasteiger partial charge >= 0.3 is 0 Å². The van der Waals surface area contributed by atoms with Crippen LogP contribution in [-0.2, 0) is 6.54 Å². The number of rotatable bonds is 4. The molecule has 1 fully saturated rings. The summed E-state index contributed by atoms with van der Waals surface area (Å²) in [5.41, 5.74) is 6.55. The van der Waals surface area contributed by atoms with Gasteiger partial charge in [0.15, 0.2) is 11.5 Å². The second kappa shape index (κ2) is 5.61. The molecule has 4 heteroatoms. The fourth-order valence-corrected chi connectivity index (χ4v) is 2.46. The number of hydrogen-bond donors (Lipinski definition) is 1. The third-order valence-corrected chi connectivity index (χ3v) is 3.39. The molecule has 17 heavy (non-hydrogen) atoms. The lowest BCUT2D eigenvalue weighted by atomic mass is 10.2. The molecule has 0 saturated heterocycles. The molecule has 0 amide bonds. The van der Waals surface area contributed by atoms with Gasteiger partial charge in [-0.15, -0.1) is 0 Å². The standard InChI is InChI=1S/C13H18ClNO2/c1-16-12-7-9(8-15)6-11(14)13(12)17-10-4-2-3-5-10/h6-7,10H,2-5,8,15H2,1H3. The molecule has 0 unspecified atom stereocenters. The Bertz CT molecular complexity index is 389. The van der Waals surface area contributed by atoms with E-state index >= 15 is 0 Å². The van der Waals surface area contributed by atoms with Crippen molar-refractivity contribution in [2.75, 3.05) is 7.11 Å². The summed E-state index contributed by atoms with van der Waals surface area (Å²) < 4.78 is 11.2. The molecule has 2 N–H and O–H groups in total. The van der Waals surface area contributed by atoms with Gasteiger partial charge in [-0.05, 0) is 43.4 Å². The molecule has 1 aliphatic carbocycles. The van der Waals surface area contributed by atoms with Crippen molar-refractivity contribution in [2.45, 2.75) is 38.3 Å². The molecule has 1 aromatic rings. The van der Waals surface area contributed by atoms with Crippen LogP contribution in [-0.4, -0.2) is 13.2 Å². The van der Waals surface area contributed by atoms with Gasteiger partial charge in [-0.3, -0.25) is 0 Å². The molecule has 0 spiro atoms. The number of ether oxygens (including phenoxy) is 2. The van der Waals surface area contributed by atoms with Crippen LogP contribution < -0.4 is 15.2 Å². The molecule has 1 saturated carbocycles. The third-order valence-electron chi connectivity index (χ3n) is 3.11. The highest BCUT2D eigenvalue weighted by Gasteiger charge is 2.20. The van der Waals surface area contributed by atoms with E-state index < -0.39 is 0 Å². The topological polar surface area (TPSA) is 44.5 Å². The van der Waals surface area contributed by atoms with Gasteiger partial charge in [-0.25, -0.2) is 0 Å². The van der Waals surface area contributed by atoms with Gasteiger partial charge < -0.3 is 15.2 Å². The fraction of sp³-hybridized carbons (Fsp3) is 0.538. The molecule has 0 radical (unpaired) electrons. The van der Waals surface area contributed by atoms with E-state index in [0.29, 0.717) is 23.1 Å². The first kappa shape index (κ1) is 12.5. The van der Waals surface area contributed by atoms with Crippen LogP contribution in [0.4, 0.5) is 0 Å². The van der Waals surface area contributed by atoms with Gasteiger partial charge in [-0.1, -0.05) is 11.6 Å². The Hall–Kier alpha value is -0.930. The first-order valence-corrected chi connectivity index (χ1v) is 6.35. The lowest BCUT2D eigenvalue weighted by Gasteiger charge is -2.18. The maximum absolute atomic E-state index is 6.21. The molecule has 1 aromatic carbocycles. The van der Waals surface area contributed by atoms with Crippen LogP contribution in [0.5, 0.6) is 11.5 Å². The predicted molar refractivity (Wildman–Crippen MR) is 68.8 cm³/mol. The van der Waals surface area contributed by atoms with Crippen LogP contribution in [0.25, 0.3) is 0 Å². The van der Waals surface area contributed by atoms with E-state index in [9.17, 15) is 0 Å². The SMILES string of the molecule is COc1cc(CN)cc(Cl)c1OC1CCCC1. The molecule has 0 aliphatic heterocycles. The summed E-state index contributed by atoms with van der Waals surface area (Å²) in [4.78, 5) is 0. The summed E-state index contributed by atoms with van der Waals surface area (Å²) in [6.45, 7) is 0.444. The minimum Gasteiger partial charge on any atom is -0.493 e. The molecular weight excluding hydrogens is 238 g/mol. The van der Waals surface area contributed by atoms with Crippen LogP contribution in [0.3, 0.4) is 0 Å². The Morgan fingerprint density at radius 2 is 2.06 bits per heavy atom. The maximum Gasteiger partial charge on any atom is 0.180 e. The first-order valence-electron chi connectivity index (χ1n) is 5.97. The molecule has 0 aromatic heterocycles. The van der Waals surface area contributed by atoms with Crippen molar-refractivity contribution in [3.05, 3.63) is 22.7 Å². The largest absolute Gasteiger partial charge is 0.493 e. The Morgan fingerprint density at radius 3 is 2.65 bits per heavy atom. The lowest BCUT2D eigenvalue weighted by Crippen LogP contribution is -2.12. The fourth-order valence-electron chi connectivity index (χ4n) is 2.18. The quantitative estimate of drug-likeness (QED) is 0.899. The van der Waals surface area contributed by atoms with Gasteiger partial charge in [0.25, 0.3) is 0 Å². The number of methoxy groups -OCH3 is 1. The Morgan fingerprint density at radius 1 is 1.35 bits per heavy atom. The molecule has 1 aliphatic rings. The van der Waals surface area contributed by atoms with Gasteiger partial charge in [0.1, 0.15) is 0 Å². The molecule has 94 valence electrons. The van der Waals surface area contributed by atoms with Crippen molar-refractivity contribution in [1.29, 1.82) is 0 Å². The second-order valence-corrected chi connectivity index (χ2v) is 4.74. The zero-order chi connectivity index (χ0) is 12.3. The monoisotopic (exact) mass is 255 g/mol. The van der Waals surface area contributed by atoms with Crippen LogP contribution in [0.2, 0.25) is 5.02 Å². The average Bonchev–Trinajstić information content (AvgIpc) is 2.84. The normalized spacial score (nSPS) is 16.2. The minimum absolute atomic E-state index is 0.269. The first-order chi connectivity index (χ1) is 8.24. The average molecular weight is 256 g/mol. The molecule has 0 heterocycles. The van der Waals surface area contributed by atoms with Crippen molar-refractivity contribution in [3.8, 4) is 11.5 Å². The summed E-state index contributed by atoms with van der Waals surface area (Å²) in [5, 5.41) is 0.580. The Kier molecular flexibility index (Phi) is 4.13. The lowest BCUT2D eigenvalue weighted by molar-refractivity contribution is 0.201. The zero-order valence-corrected chi connectivity index (χ0v) is 10.8. The molecular formula is C13H18ClNO2. The highest BCUT2D eigenvalue weighted by Crippen LogP contribution is 2.38. The number of benzene rings is 1. The van der Waals surface area contributed by atoms with Crippen molar-refractivity contribution in [2.24, 2.45) is 5.73 Å². The summed E-state index contributed by atoms with van der Waals surface area (Å²) in [6.07, 6.45) is 4.91. The molecule has 3 nitrogen and oxygen atoms in total. The number of halogens is 1. The van der Waals surface area contributed by atoms with E-state index in [1.807, 2.05) is 12.1 Å². The van der Waals surface area contributed by atoms with E-state index in [-0.39, 0.29) is 6.10 Å². The molecule has 0 bridgehead atoms.